The number of pyridine rings is 1. The molecule has 2 aromatic rings. The fourth-order valence-electron chi connectivity index (χ4n) is 2.72. The number of piperazine rings is 1. The van der Waals surface area contributed by atoms with Gasteiger partial charge in [-0.1, -0.05) is 0 Å². The number of aliphatic imine (C=N–C) groups is 1. The Kier molecular flexibility index (Phi) is 7.82. The quantitative estimate of drug-likeness (QED) is 0.383. The fraction of sp³-hybridized carbons (Fsp3) is 0.412. The number of halogens is 1. The van der Waals surface area contributed by atoms with Crippen LogP contribution in [-0.2, 0) is 6.54 Å². The highest BCUT2D eigenvalue weighted by Gasteiger charge is 2.20. The molecule has 1 saturated heterocycles. The predicted molar refractivity (Wildman–Crippen MR) is 114 cm³/mol. The SMILES string of the molecule is COc1ccc(CN=C(N)N2CCN(c3ncccn3)CC2)c(OC)n1.I. The molecule has 9 nitrogen and oxygen atoms in total. The molecule has 0 saturated carbocycles. The Bertz CT molecular complexity index is 752. The minimum absolute atomic E-state index is 0. The standard InChI is InChI=1S/C17H23N7O2.HI/c1-25-14-5-4-13(15(22-14)26-2)12-21-16(18)23-8-10-24(11-9-23)17-19-6-3-7-20-17;/h3-7H,8-12H2,1-2H3,(H2,18,21);1H. The number of methoxy groups -OCH3 is 2. The lowest BCUT2D eigenvalue weighted by Gasteiger charge is -2.35. The van der Waals surface area contributed by atoms with Gasteiger partial charge in [0.05, 0.1) is 20.8 Å². The van der Waals surface area contributed by atoms with Crippen LogP contribution in [0.25, 0.3) is 0 Å². The molecule has 3 heterocycles. The van der Waals surface area contributed by atoms with Crippen molar-refractivity contribution in [3.63, 3.8) is 0 Å². The van der Waals surface area contributed by atoms with Crippen LogP contribution in [0.2, 0.25) is 0 Å². The number of guanidine groups is 1. The highest BCUT2D eigenvalue weighted by molar-refractivity contribution is 14.0. The van der Waals surface area contributed by atoms with E-state index in [0.29, 0.717) is 24.3 Å². The fourth-order valence-corrected chi connectivity index (χ4v) is 2.72. The molecule has 0 radical (unpaired) electrons. The summed E-state index contributed by atoms with van der Waals surface area (Å²) in [5, 5.41) is 0. The summed E-state index contributed by atoms with van der Waals surface area (Å²) in [5.41, 5.74) is 7.02. The van der Waals surface area contributed by atoms with E-state index in [4.69, 9.17) is 15.2 Å². The highest BCUT2D eigenvalue weighted by Crippen LogP contribution is 2.20. The van der Waals surface area contributed by atoms with Crippen molar-refractivity contribution in [3.8, 4) is 11.8 Å². The van der Waals surface area contributed by atoms with Gasteiger partial charge in [0.1, 0.15) is 0 Å². The van der Waals surface area contributed by atoms with E-state index in [9.17, 15) is 0 Å². The Morgan fingerprint density at radius 2 is 1.81 bits per heavy atom. The van der Waals surface area contributed by atoms with Crippen LogP contribution in [0.15, 0.2) is 35.6 Å². The smallest absolute Gasteiger partial charge is 0.225 e. The Morgan fingerprint density at radius 3 is 2.44 bits per heavy atom. The molecule has 2 aromatic heterocycles. The van der Waals surface area contributed by atoms with Crippen molar-refractivity contribution in [2.75, 3.05) is 45.3 Å². The summed E-state index contributed by atoms with van der Waals surface area (Å²) in [7, 11) is 3.14. The van der Waals surface area contributed by atoms with E-state index >= 15 is 0 Å². The zero-order valence-corrected chi connectivity index (χ0v) is 17.7. The molecule has 1 fully saturated rings. The van der Waals surface area contributed by atoms with Gasteiger partial charge in [-0.15, -0.1) is 24.0 Å². The van der Waals surface area contributed by atoms with E-state index in [1.54, 1.807) is 32.7 Å². The number of hydrogen-bond donors (Lipinski definition) is 1. The maximum absolute atomic E-state index is 6.17. The highest BCUT2D eigenvalue weighted by atomic mass is 127. The van der Waals surface area contributed by atoms with E-state index in [2.05, 4.69) is 29.7 Å². The first kappa shape index (κ1) is 20.9. The number of nitrogens with zero attached hydrogens (tertiary/aromatic N) is 6. The third-order valence-electron chi connectivity index (χ3n) is 4.17. The number of nitrogens with two attached hydrogens (primary N) is 1. The van der Waals surface area contributed by atoms with Gasteiger partial charge in [0.15, 0.2) is 5.96 Å². The van der Waals surface area contributed by atoms with Gasteiger partial charge in [0.25, 0.3) is 0 Å². The van der Waals surface area contributed by atoms with Crippen LogP contribution < -0.4 is 20.1 Å². The zero-order valence-electron chi connectivity index (χ0n) is 15.4. The van der Waals surface area contributed by atoms with Crippen LogP contribution in [0.4, 0.5) is 5.95 Å². The second-order valence-electron chi connectivity index (χ2n) is 5.72. The second kappa shape index (κ2) is 10.1. The van der Waals surface area contributed by atoms with Crippen LogP contribution in [-0.4, -0.2) is 66.2 Å². The molecule has 0 amide bonds. The molecule has 0 aromatic carbocycles. The topological polar surface area (TPSA) is 102 Å². The molecule has 10 heteroatoms. The molecular formula is C17H24IN7O2. The molecule has 1 aliphatic rings. The van der Waals surface area contributed by atoms with Crippen molar-refractivity contribution < 1.29 is 9.47 Å². The van der Waals surface area contributed by atoms with Crippen LogP contribution in [0.5, 0.6) is 11.8 Å². The van der Waals surface area contributed by atoms with Gasteiger partial charge < -0.3 is 25.0 Å². The molecule has 0 spiro atoms. The normalized spacial score (nSPS) is 14.5. The van der Waals surface area contributed by atoms with Gasteiger partial charge in [-0.3, -0.25) is 0 Å². The molecule has 146 valence electrons. The van der Waals surface area contributed by atoms with Crippen molar-refractivity contribution in [3.05, 3.63) is 36.2 Å². The van der Waals surface area contributed by atoms with Crippen molar-refractivity contribution in [1.82, 2.24) is 19.9 Å². The Labute approximate surface area is 175 Å². The van der Waals surface area contributed by atoms with Crippen LogP contribution in [0.3, 0.4) is 0 Å². The first-order valence-electron chi connectivity index (χ1n) is 8.36. The summed E-state index contributed by atoms with van der Waals surface area (Å²) in [4.78, 5) is 21.5. The monoisotopic (exact) mass is 485 g/mol. The van der Waals surface area contributed by atoms with Gasteiger partial charge >= 0.3 is 0 Å². The largest absolute Gasteiger partial charge is 0.481 e. The summed E-state index contributed by atoms with van der Waals surface area (Å²) in [6.07, 6.45) is 3.50. The minimum atomic E-state index is 0. The van der Waals surface area contributed by atoms with Crippen molar-refractivity contribution in [2.45, 2.75) is 6.54 Å². The molecule has 0 bridgehead atoms. The third-order valence-corrected chi connectivity index (χ3v) is 4.17. The van der Waals surface area contributed by atoms with Gasteiger partial charge in [-0.25, -0.2) is 15.0 Å². The molecule has 3 rings (SSSR count). The Balaban J connectivity index is 0.00000261. The minimum Gasteiger partial charge on any atom is -0.481 e. The van der Waals surface area contributed by atoms with E-state index in [1.165, 1.54) is 0 Å². The van der Waals surface area contributed by atoms with Gasteiger partial charge in [0.2, 0.25) is 17.7 Å². The van der Waals surface area contributed by atoms with E-state index < -0.39 is 0 Å². The lowest BCUT2D eigenvalue weighted by atomic mass is 10.2. The molecule has 0 atom stereocenters. The lowest BCUT2D eigenvalue weighted by molar-refractivity contribution is 0.360. The summed E-state index contributed by atoms with van der Waals surface area (Å²) in [5.74, 6) is 2.25. The number of aromatic nitrogens is 3. The van der Waals surface area contributed by atoms with Crippen molar-refractivity contribution in [1.29, 1.82) is 0 Å². The second-order valence-corrected chi connectivity index (χ2v) is 5.72. The van der Waals surface area contributed by atoms with E-state index in [0.717, 1.165) is 37.7 Å². The first-order chi connectivity index (χ1) is 12.7. The number of rotatable bonds is 5. The number of anilines is 1. The summed E-state index contributed by atoms with van der Waals surface area (Å²) < 4.78 is 10.4. The molecule has 27 heavy (non-hydrogen) atoms. The first-order valence-corrected chi connectivity index (χ1v) is 8.36. The summed E-state index contributed by atoms with van der Waals surface area (Å²) >= 11 is 0. The predicted octanol–water partition coefficient (Wildman–Crippen LogP) is 1.14. The molecule has 2 N–H and O–H groups in total. The maximum Gasteiger partial charge on any atom is 0.225 e. The average Bonchev–Trinajstić information content (AvgIpc) is 2.72. The van der Waals surface area contributed by atoms with Crippen molar-refractivity contribution in [2.24, 2.45) is 10.7 Å². The van der Waals surface area contributed by atoms with Crippen molar-refractivity contribution >= 4 is 35.9 Å². The van der Waals surface area contributed by atoms with E-state index in [-0.39, 0.29) is 24.0 Å². The zero-order chi connectivity index (χ0) is 18.4. The van der Waals surface area contributed by atoms with Crippen LogP contribution in [0, 0.1) is 0 Å². The molecule has 0 unspecified atom stereocenters. The van der Waals surface area contributed by atoms with Crippen LogP contribution in [0.1, 0.15) is 5.56 Å². The molecule has 1 aliphatic heterocycles. The molecule has 0 aliphatic carbocycles. The van der Waals surface area contributed by atoms with Gasteiger partial charge in [0, 0.05) is 50.2 Å². The van der Waals surface area contributed by atoms with Crippen LogP contribution >= 0.6 is 24.0 Å². The third kappa shape index (κ3) is 5.31. The van der Waals surface area contributed by atoms with Gasteiger partial charge in [-0.2, -0.15) is 4.98 Å². The number of hydrogen-bond acceptors (Lipinski definition) is 7. The Hall–Kier alpha value is -2.37. The molecular weight excluding hydrogens is 461 g/mol. The summed E-state index contributed by atoms with van der Waals surface area (Å²) in [6.45, 7) is 3.53. The Morgan fingerprint density at radius 1 is 1.11 bits per heavy atom. The number of ether oxygens (including phenoxy) is 2. The maximum atomic E-state index is 6.17. The van der Waals surface area contributed by atoms with E-state index in [1.807, 2.05) is 12.1 Å². The average molecular weight is 485 g/mol. The summed E-state index contributed by atoms with van der Waals surface area (Å²) in [6, 6.07) is 5.47. The lowest BCUT2D eigenvalue weighted by Crippen LogP contribution is -2.51. The van der Waals surface area contributed by atoms with Gasteiger partial charge in [-0.05, 0) is 12.1 Å².